The molecule has 0 fully saturated rings. The van der Waals surface area contributed by atoms with Crippen LogP contribution in [-0.4, -0.2) is 20.1 Å². The van der Waals surface area contributed by atoms with Crippen molar-refractivity contribution in [1.82, 2.24) is 0 Å². The van der Waals surface area contributed by atoms with E-state index in [4.69, 9.17) is 37.1 Å². The molecule has 4 aromatic rings. The molecule has 1 N–H and O–H groups in total. The number of hydrogen-bond acceptors (Lipinski definition) is 4. The van der Waals surface area contributed by atoms with Gasteiger partial charge in [0.25, 0.3) is 0 Å². The molecule has 1 amide bonds. The van der Waals surface area contributed by atoms with Crippen LogP contribution in [0.15, 0.2) is 65.3 Å². The molecule has 0 saturated heterocycles. The zero-order valence-corrected chi connectivity index (χ0v) is 20.7. The molecule has 0 bridgehead atoms. The maximum Gasteiger partial charge on any atom is 0.248 e. The lowest BCUT2D eigenvalue weighted by atomic mass is 9.96. The van der Waals surface area contributed by atoms with Crippen molar-refractivity contribution in [3.05, 3.63) is 82.0 Å². The first-order valence-electron chi connectivity index (χ1n) is 10.5. The number of furan rings is 1. The van der Waals surface area contributed by atoms with Crippen LogP contribution in [0.5, 0.6) is 11.5 Å². The molecule has 3 aromatic carbocycles. The van der Waals surface area contributed by atoms with E-state index in [1.54, 1.807) is 38.7 Å². The number of carbonyl (C=O) groups excluding carboxylic acids is 1. The van der Waals surface area contributed by atoms with Gasteiger partial charge in [-0.15, -0.1) is 0 Å². The van der Waals surface area contributed by atoms with Crippen LogP contribution in [0.2, 0.25) is 10.0 Å². The summed E-state index contributed by atoms with van der Waals surface area (Å²) in [6.07, 6.45) is 3.23. The van der Waals surface area contributed by atoms with Crippen LogP contribution in [-0.2, 0) is 4.79 Å². The van der Waals surface area contributed by atoms with Gasteiger partial charge in [-0.05, 0) is 61.4 Å². The Balaban J connectivity index is 1.77. The second-order valence-electron chi connectivity index (χ2n) is 7.78. The highest BCUT2D eigenvalue weighted by molar-refractivity contribution is 6.35. The quantitative estimate of drug-likeness (QED) is 0.277. The molecule has 0 aliphatic carbocycles. The Morgan fingerprint density at radius 3 is 2.59 bits per heavy atom. The Hall–Kier alpha value is -3.41. The summed E-state index contributed by atoms with van der Waals surface area (Å²) in [5, 5.41) is 4.57. The zero-order chi connectivity index (χ0) is 24.4. The second kappa shape index (κ2) is 9.84. The molecule has 0 aliphatic heterocycles. The summed E-state index contributed by atoms with van der Waals surface area (Å²) in [7, 11) is 3.23. The lowest BCUT2D eigenvalue weighted by molar-refractivity contribution is -0.111. The molecule has 0 saturated carbocycles. The first-order valence-corrected chi connectivity index (χ1v) is 11.3. The highest BCUT2D eigenvalue weighted by Crippen LogP contribution is 2.41. The van der Waals surface area contributed by atoms with E-state index in [2.05, 4.69) is 5.32 Å². The van der Waals surface area contributed by atoms with Gasteiger partial charge in [-0.2, -0.15) is 0 Å². The largest absolute Gasteiger partial charge is 0.497 e. The fraction of sp³-hybridized carbons (Fsp3) is 0.148. The Labute approximate surface area is 207 Å². The number of halogens is 2. The van der Waals surface area contributed by atoms with Crippen LogP contribution in [0.4, 0.5) is 5.69 Å². The van der Waals surface area contributed by atoms with Crippen molar-refractivity contribution in [2.24, 2.45) is 0 Å². The van der Waals surface area contributed by atoms with E-state index in [1.807, 2.05) is 44.2 Å². The Bertz CT molecular complexity index is 1420. The normalized spacial score (nSPS) is 11.5. The number of amides is 1. The highest BCUT2D eigenvalue weighted by Gasteiger charge is 2.19. The molecule has 174 valence electrons. The third-order valence-electron chi connectivity index (χ3n) is 5.59. The predicted octanol–water partition coefficient (Wildman–Crippen LogP) is 7.77. The Kier molecular flexibility index (Phi) is 6.87. The summed E-state index contributed by atoms with van der Waals surface area (Å²) in [4.78, 5) is 12.8. The van der Waals surface area contributed by atoms with Gasteiger partial charge in [0.1, 0.15) is 17.1 Å². The zero-order valence-electron chi connectivity index (χ0n) is 19.2. The van der Waals surface area contributed by atoms with Gasteiger partial charge in [0.05, 0.1) is 31.2 Å². The molecule has 0 spiro atoms. The first-order chi connectivity index (χ1) is 16.3. The minimum atomic E-state index is -0.332. The monoisotopic (exact) mass is 495 g/mol. The van der Waals surface area contributed by atoms with Gasteiger partial charge < -0.3 is 19.2 Å². The van der Waals surface area contributed by atoms with Crippen LogP contribution in [0, 0.1) is 6.92 Å². The SMILES string of the molecule is COc1cccc(-c2coc3c(C)c(OC)c(/C(C)=C/C(=O)Nc4cc(Cl)ccc4Cl)cc23)c1. The number of ether oxygens (including phenoxy) is 2. The lowest BCUT2D eigenvalue weighted by Gasteiger charge is -2.13. The smallest absolute Gasteiger partial charge is 0.248 e. The van der Waals surface area contributed by atoms with Crippen molar-refractivity contribution in [3.8, 4) is 22.6 Å². The minimum Gasteiger partial charge on any atom is -0.497 e. The van der Waals surface area contributed by atoms with Crippen LogP contribution >= 0.6 is 23.2 Å². The van der Waals surface area contributed by atoms with Crippen LogP contribution in [0.1, 0.15) is 18.1 Å². The average Bonchev–Trinajstić information content (AvgIpc) is 3.25. The number of carbonyl (C=O) groups is 1. The maximum atomic E-state index is 12.8. The predicted molar refractivity (Wildman–Crippen MR) is 138 cm³/mol. The summed E-state index contributed by atoms with van der Waals surface area (Å²) in [6.45, 7) is 3.79. The van der Waals surface area contributed by atoms with Gasteiger partial charge >= 0.3 is 0 Å². The topological polar surface area (TPSA) is 60.7 Å². The number of methoxy groups -OCH3 is 2. The Morgan fingerprint density at radius 1 is 1.06 bits per heavy atom. The van der Waals surface area contributed by atoms with Crippen LogP contribution in [0.25, 0.3) is 27.7 Å². The Morgan fingerprint density at radius 2 is 1.85 bits per heavy atom. The van der Waals surface area contributed by atoms with E-state index in [0.29, 0.717) is 21.5 Å². The molecule has 5 nitrogen and oxygen atoms in total. The van der Waals surface area contributed by atoms with E-state index < -0.39 is 0 Å². The summed E-state index contributed by atoms with van der Waals surface area (Å²) < 4.78 is 17.0. The maximum absolute atomic E-state index is 12.8. The number of aryl methyl sites for hydroxylation is 1. The van der Waals surface area contributed by atoms with Crippen molar-refractivity contribution in [1.29, 1.82) is 0 Å². The molecular weight excluding hydrogens is 473 g/mol. The number of nitrogens with one attached hydrogen (secondary N) is 1. The standard InChI is InChI=1S/C27H23Cl2NO4/c1-15(10-25(31)30-24-12-18(28)8-9-23(24)29)20-13-21-22(17-6-5-7-19(11-17)32-3)14-34-27(21)16(2)26(20)33-4/h5-14H,1-4H3,(H,30,31)/b15-10+. The fourth-order valence-electron chi connectivity index (χ4n) is 3.92. The van der Waals surface area contributed by atoms with Crippen LogP contribution in [0.3, 0.4) is 0 Å². The van der Waals surface area contributed by atoms with E-state index in [-0.39, 0.29) is 5.91 Å². The summed E-state index contributed by atoms with van der Waals surface area (Å²) in [5.74, 6) is 1.06. The number of benzene rings is 3. The molecule has 7 heteroatoms. The molecule has 0 aliphatic rings. The second-order valence-corrected chi connectivity index (χ2v) is 8.62. The number of allylic oxidation sites excluding steroid dienone is 1. The van der Waals surface area contributed by atoms with E-state index >= 15 is 0 Å². The third kappa shape index (κ3) is 4.63. The van der Waals surface area contributed by atoms with Crippen molar-refractivity contribution in [2.75, 3.05) is 19.5 Å². The first kappa shape index (κ1) is 23.7. The fourth-order valence-corrected chi connectivity index (χ4v) is 4.26. The molecule has 0 radical (unpaired) electrons. The molecule has 0 unspecified atom stereocenters. The number of anilines is 1. The summed E-state index contributed by atoms with van der Waals surface area (Å²) in [5.41, 5.74) is 5.39. The summed E-state index contributed by atoms with van der Waals surface area (Å²) in [6, 6.07) is 14.7. The number of fused-ring (bicyclic) bond motifs is 1. The average molecular weight is 496 g/mol. The molecule has 34 heavy (non-hydrogen) atoms. The van der Waals surface area contributed by atoms with Gasteiger partial charge in [0.15, 0.2) is 0 Å². The number of hydrogen-bond donors (Lipinski definition) is 1. The van der Waals surface area contributed by atoms with E-state index in [9.17, 15) is 4.79 Å². The van der Waals surface area contributed by atoms with Crippen LogP contribution < -0.4 is 14.8 Å². The van der Waals surface area contributed by atoms with Gasteiger partial charge in [0, 0.05) is 33.2 Å². The molecular formula is C27H23Cl2NO4. The highest BCUT2D eigenvalue weighted by atomic mass is 35.5. The molecule has 1 aromatic heterocycles. The van der Waals surface area contributed by atoms with Crippen molar-refractivity contribution in [2.45, 2.75) is 13.8 Å². The van der Waals surface area contributed by atoms with E-state index in [0.717, 1.165) is 44.5 Å². The number of rotatable bonds is 6. The van der Waals surface area contributed by atoms with Crippen molar-refractivity contribution < 1.29 is 18.7 Å². The third-order valence-corrected chi connectivity index (χ3v) is 6.15. The van der Waals surface area contributed by atoms with E-state index in [1.165, 1.54) is 6.08 Å². The molecule has 1 heterocycles. The summed E-state index contributed by atoms with van der Waals surface area (Å²) >= 11 is 12.2. The minimum absolute atomic E-state index is 0.332. The lowest BCUT2D eigenvalue weighted by Crippen LogP contribution is -2.09. The molecule has 4 rings (SSSR count). The molecule has 0 atom stereocenters. The van der Waals surface area contributed by atoms with Gasteiger partial charge in [-0.3, -0.25) is 4.79 Å². The van der Waals surface area contributed by atoms with Gasteiger partial charge in [-0.1, -0.05) is 35.3 Å². The van der Waals surface area contributed by atoms with Crippen molar-refractivity contribution >= 4 is 51.3 Å². The van der Waals surface area contributed by atoms with Gasteiger partial charge in [0.2, 0.25) is 5.91 Å². The van der Waals surface area contributed by atoms with Gasteiger partial charge in [-0.25, -0.2) is 0 Å². The van der Waals surface area contributed by atoms with Crippen molar-refractivity contribution in [3.63, 3.8) is 0 Å².